The number of anilines is 1. The summed E-state index contributed by atoms with van der Waals surface area (Å²) >= 11 is 0. The minimum atomic E-state index is -3.45. The van der Waals surface area contributed by atoms with Crippen LogP contribution in [0, 0.1) is 5.92 Å². The van der Waals surface area contributed by atoms with Crippen LogP contribution in [0.4, 0.5) is 5.82 Å². The summed E-state index contributed by atoms with van der Waals surface area (Å²) in [4.78, 5) is 17.5. The first-order chi connectivity index (χ1) is 11.0. The van der Waals surface area contributed by atoms with Crippen molar-refractivity contribution in [2.24, 2.45) is 5.92 Å². The number of nitrogens with zero attached hydrogens (tertiary/aromatic N) is 3. The Hall–Kier alpha value is -1.67. The third kappa shape index (κ3) is 3.32. The zero-order valence-corrected chi connectivity index (χ0v) is 13.7. The van der Waals surface area contributed by atoms with E-state index in [2.05, 4.69) is 4.98 Å². The third-order valence-corrected chi connectivity index (χ3v) is 6.48. The molecule has 0 saturated carbocycles. The van der Waals surface area contributed by atoms with Crippen LogP contribution in [0.1, 0.15) is 25.7 Å². The van der Waals surface area contributed by atoms with E-state index in [0.717, 1.165) is 12.8 Å². The minimum Gasteiger partial charge on any atom is -0.481 e. The van der Waals surface area contributed by atoms with Gasteiger partial charge in [-0.2, -0.15) is 4.31 Å². The van der Waals surface area contributed by atoms with Crippen molar-refractivity contribution >= 4 is 21.8 Å². The number of aromatic nitrogens is 1. The van der Waals surface area contributed by atoms with Crippen LogP contribution in [0.3, 0.4) is 0 Å². The number of sulfonamides is 1. The predicted molar refractivity (Wildman–Crippen MR) is 84.8 cm³/mol. The van der Waals surface area contributed by atoms with Crippen LogP contribution in [0.2, 0.25) is 0 Å². The molecule has 1 aromatic heterocycles. The Labute approximate surface area is 136 Å². The molecule has 0 atom stereocenters. The molecule has 2 fully saturated rings. The van der Waals surface area contributed by atoms with Crippen LogP contribution >= 0.6 is 0 Å². The number of hydrogen-bond donors (Lipinski definition) is 1. The smallest absolute Gasteiger partial charge is 0.306 e. The number of piperidine rings is 1. The van der Waals surface area contributed by atoms with Gasteiger partial charge in [0.05, 0.1) is 10.8 Å². The second-order valence-corrected chi connectivity index (χ2v) is 8.00. The molecule has 0 aliphatic carbocycles. The molecule has 1 N–H and O–H groups in total. The van der Waals surface area contributed by atoms with Gasteiger partial charge < -0.3 is 10.0 Å². The second-order valence-electron chi connectivity index (χ2n) is 6.06. The van der Waals surface area contributed by atoms with Gasteiger partial charge in [0.2, 0.25) is 10.0 Å². The van der Waals surface area contributed by atoms with Crippen molar-refractivity contribution in [1.82, 2.24) is 9.29 Å². The van der Waals surface area contributed by atoms with Crippen molar-refractivity contribution < 1.29 is 18.3 Å². The average molecular weight is 339 g/mol. The lowest BCUT2D eigenvalue weighted by Crippen LogP contribution is -2.37. The van der Waals surface area contributed by atoms with Gasteiger partial charge in [-0.05, 0) is 31.7 Å². The summed E-state index contributed by atoms with van der Waals surface area (Å²) in [5, 5.41) is 9.05. The van der Waals surface area contributed by atoms with Crippen LogP contribution in [0.25, 0.3) is 0 Å². The van der Waals surface area contributed by atoms with Crippen LogP contribution in [0.15, 0.2) is 23.2 Å². The van der Waals surface area contributed by atoms with E-state index in [1.165, 1.54) is 16.6 Å². The van der Waals surface area contributed by atoms with E-state index < -0.39 is 16.0 Å². The number of hydrogen-bond acceptors (Lipinski definition) is 5. The lowest BCUT2D eigenvalue weighted by molar-refractivity contribution is -0.142. The molecule has 3 heterocycles. The van der Waals surface area contributed by atoms with Gasteiger partial charge in [0.15, 0.2) is 0 Å². The first-order valence-corrected chi connectivity index (χ1v) is 9.36. The molecule has 2 aliphatic heterocycles. The van der Waals surface area contributed by atoms with Gasteiger partial charge in [0.25, 0.3) is 0 Å². The normalized spacial score (nSPS) is 20.8. The molecule has 0 aromatic carbocycles. The van der Waals surface area contributed by atoms with Crippen molar-refractivity contribution in [2.75, 3.05) is 31.1 Å². The van der Waals surface area contributed by atoms with Crippen molar-refractivity contribution in [1.29, 1.82) is 0 Å². The zero-order valence-electron chi connectivity index (χ0n) is 12.9. The predicted octanol–water partition coefficient (Wildman–Crippen LogP) is 1.17. The van der Waals surface area contributed by atoms with E-state index >= 15 is 0 Å². The second kappa shape index (κ2) is 6.45. The highest BCUT2D eigenvalue weighted by Gasteiger charge is 2.29. The number of pyridine rings is 1. The van der Waals surface area contributed by atoms with Gasteiger partial charge >= 0.3 is 5.97 Å². The SMILES string of the molecule is O=C(O)C1CCN(c2cc(S(=O)(=O)N3CCCC3)ccn2)CC1. The Kier molecular flexibility index (Phi) is 4.54. The highest BCUT2D eigenvalue weighted by Crippen LogP contribution is 2.26. The molecular formula is C15H21N3O4S. The van der Waals surface area contributed by atoms with Gasteiger partial charge in [0, 0.05) is 38.4 Å². The summed E-state index contributed by atoms with van der Waals surface area (Å²) in [5.74, 6) is -0.472. The Morgan fingerprint density at radius 1 is 1.17 bits per heavy atom. The van der Waals surface area contributed by atoms with E-state index in [9.17, 15) is 13.2 Å². The first kappa shape index (κ1) is 16.2. The highest BCUT2D eigenvalue weighted by molar-refractivity contribution is 7.89. The maximum Gasteiger partial charge on any atom is 0.306 e. The van der Waals surface area contributed by atoms with Crippen LogP contribution in [-0.4, -0.2) is 55.0 Å². The minimum absolute atomic E-state index is 0.268. The van der Waals surface area contributed by atoms with Gasteiger partial charge in [0.1, 0.15) is 5.82 Å². The van der Waals surface area contributed by atoms with Gasteiger partial charge in [-0.15, -0.1) is 0 Å². The number of rotatable bonds is 4. The first-order valence-electron chi connectivity index (χ1n) is 7.92. The van der Waals surface area contributed by atoms with Crippen LogP contribution in [0.5, 0.6) is 0 Å². The Morgan fingerprint density at radius 3 is 2.43 bits per heavy atom. The van der Waals surface area contributed by atoms with E-state index in [-0.39, 0.29) is 10.8 Å². The standard InChI is InChI=1S/C15H21N3O4S/c19-15(20)12-4-9-17(10-5-12)14-11-13(3-6-16-14)23(21,22)18-7-1-2-8-18/h3,6,11-12H,1-2,4-5,7-10H2,(H,19,20). The Morgan fingerprint density at radius 2 is 1.83 bits per heavy atom. The molecule has 7 nitrogen and oxygen atoms in total. The molecule has 0 bridgehead atoms. The summed E-state index contributed by atoms with van der Waals surface area (Å²) in [6.07, 6.45) is 4.43. The lowest BCUT2D eigenvalue weighted by Gasteiger charge is -2.31. The van der Waals surface area contributed by atoms with Crippen molar-refractivity contribution in [3.05, 3.63) is 18.3 Å². The van der Waals surface area contributed by atoms with Crippen molar-refractivity contribution in [2.45, 2.75) is 30.6 Å². The molecule has 0 radical (unpaired) electrons. The largest absolute Gasteiger partial charge is 0.481 e. The molecule has 3 rings (SSSR count). The third-order valence-electron chi connectivity index (χ3n) is 4.59. The highest BCUT2D eigenvalue weighted by atomic mass is 32.2. The summed E-state index contributed by atoms with van der Waals surface area (Å²) in [5.41, 5.74) is 0. The summed E-state index contributed by atoms with van der Waals surface area (Å²) in [7, 11) is -3.45. The fourth-order valence-corrected chi connectivity index (χ4v) is 4.69. The van der Waals surface area contributed by atoms with Gasteiger partial charge in [-0.1, -0.05) is 0 Å². The number of aliphatic carboxylic acids is 1. The van der Waals surface area contributed by atoms with Crippen LogP contribution < -0.4 is 4.90 Å². The van der Waals surface area contributed by atoms with E-state index in [0.29, 0.717) is 44.8 Å². The molecule has 126 valence electrons. The van der Waals surface area contributed by atoms with E-state index in [1.54, 1.807) is 6.07 Å². The molecular weight excluding hydrogens is 318 g/mol. The van der Waals surface area contributed by atoms with Gasteiger partial charge in [-0.25, -0.2) is 13.4 Å². The molecule has 23 heavy (non-hydrogen) atoms. The fourth-order valence-electron chi connectivity index (χ4n) is 3.17. The number of carboxylic acid groups (broad SMARTS) is 1. The molecule has 0 spiro atoms. The number of carboxylic acids is 1. The molecule has 0 amide bonds. The topological polar surface area (TPSA) is 90.8 Å². The maximum atomic E-state index is 12.6. The van der Waals surface area contributed by atoms with Gasteiger partial charge in [-0.3, -0.25) is 4.79 Å². The Balaban J connectivity index is 1.77. The van der Waals surface area contributed by atoms with E-state index in [1.807, 2.05) is 4.90 Å². The molecule has 8 heteroatoms. The summed E-state index contributed by atoms with van der Waals surface area (Å²) in [6.45, 7) is 2.31. The zero-order chi connectivity index (χ0) is 16.4. The molecule has 2 saturated heterocycles. The quantitative estimate of drug-likeness (QED) is 0.885. The van der Waals surface area contributed by atoms with Crippen LogP contribution in [-0.2, 0) is 14.8 Å². The summed E-state index contributed by atoms with van der Waals surface area (Å²) in [6, 6.07) is 3.13. The fraction of sp³-hybridized carbons (Fsp3) is 0.600. The van der Waals surface area contributed by atoms with Crippen molar-refractivity contribution in [3.63, 3.8) is 0 Å². The average Bonchev–Trinajstić information content (AvgIpc) is 3.10. The summed E-state index contributed by atoms with van der Waals surface area (Å²) < 4.78 is 26.7. The molecule has 1 aromatic rings. The van der Waals surface area contributed by atoms with Crippen molar-refractivity contribution in [3.8, 4) is 0 Å². The maximum absolute atomic E-state index is 12.6. The molecule has 2 aliphatic rings. The number of carbonyl (C=O) groups is 1. The monoisotopic (exact) mass is 339 g/mol. The Bertz CT molecular complexity index is 678. The molecule has 0 unspecified atom stereocenters. The lowest BCUT2D eigenvalue weighted by atomic mass is 9.97. The van der Waals surface area contributed by atoms with E-state index in [4.69, 9.17) is 5.11 Å².